The number of rotatable bonds is 5. The minimum Gasteiger partial charge on any atom is -0.378 e. The first-order valence-electron chi connectivity index (χ1n) is 7.26. The van der Waals surface area contributed by atoms with E-state index in [-0.39, 0.29) is 24.0 Å². The van der Waals surface area contributed by atoms with Crippen LogP contribution in [0.15, 0.2) is 0 Å². The van der Waals surface area contributed by atoms with E-state index >= 15 is 0 Å². The topological polar surface area (TPSA) is 58.6 Å². The summed E-state index contributed by atoms with van der Waals surface area (Å²) in [6.07, 6.45) is 3.32. The Bertz CT molecular complexity index is 340. The summed E-state index contributed by atoms with van der Waals surface area (Å²) in [7, 11) is 0. The Morgan fingerprint density at radius 1 is 1.53 bits per heavy atom. The average molecular weight is 268 g/mol. The summed E-state index contributed by atoms with van der Waals surface area (Å²) in [4.78, 5) is 26.0. The lowest BCUT2D eigenvalue weighted by Gasteiger charge is -2.36. The number of nitrogens with one attached hydrogen (secondary N) is 1. The summed E-state index contributed by atoms with van der Waals surface area (Å²) >= 11 is 0. The number of amides is 2. The maximum Gasteiger partial charge on any atom is 0.242 e. The molecule has 0 saturated carbocycles. The summed E-state index contributed by atoms with van der Waals surface area (Å²) in [6.45, 7) is 6.17. The van der Waals surface area contributed by atoms with Gasteiger partial charge in [0, 0.05) is 26.1 Å². The van der Waals surface area contributed by atoms with E-state index in [9.17, 15) is 9.59 Å². The van der Waals surface area contributed by atoms with Crippen LogP contribution in [-0.2, 0) is 14.3 Å². The highest BCUT2D eigenvalue weighted by atomic mass is 16.5. The Balaban J connectivity index is 1.89. The Morgan fingerprint density at radius 2 is 2.26 bits per heavy atom. The number of ether oxygens (including phenoxy) is 1. The van der Waals surface area contributed by atoms with Gasteiger partial charge in [-0.3, -0.25) is 9.59 Å². The van der Waals surface area contributed by atoms with Crippen LogP contribution in [0.25, 0.3) is 0 Å². The van der Waals surface area contributed by atoms with Gasteiger partial charge in [-0.25, -0.2) is 0 Å². The van der Waals surface area contributed by atoms with E-state index in [0.29, 0.717) is 25.4 Å². The molecule has 108 valence electrons. The summed E-state index contributed by atoms with van der Waals surface area (Å²) < 4.78 is 5.33. The maximum absolute atomic E-state index is 12.3. The van der Waals surface area contributed by atoms with E-state index in [1.807, 2.05) is 0 Å². The molecule has 2 saturated heterocycles. The molecule has 19 heavy (non-hydrogen) atoms. The van der Waals surface area contributed by atoms with Crippen LogP contribution in [0.4, 0.5) is 0 Å². The van der Waals surface area contributed by atoms with Gasteiger partial charge in [-0.1, -0.05) is 13.8 Å². The molecule has 2 aliphatic heterocycles. The predicted octanol–water partition coefficient (Wildman–Crippen LogP) is 0.929. The van der Waals surface area contributed by atoms with Gasteiger partial charge in [0.1, 0.15) is 6.04 Å². The molecule has 0 aromatic rings. The molecular formula is C14H24N2O3. The van der Waals surface area contributed by atoms with Crippen molar-refractivity contribution in [2.45, 2.75) is 51.7 Å². The molecule has 0 bridgehead atoms. The van der Waals surface area contributed by atoms with Crippen molar-refractivity contribution in [1.82, 2.24) is 10.2 Å². The van der Waals surface area contributed by atoms with Crippen LogP contribution in [0.1, 0.15) is 39.5 Å². The Morgan fingerprint density at radius 3 is 2.84 bits per heavy atom. The monoisotopic (exact) mass is 268 g/mol. The third-order valence-corrected chi connectivity index (χ3v) is 3.82. The van der Waals surface area contributed by atoms with Crippen LogP contribution < -0.4 is 5.32 Å². The largest absolute Gasteiger partial charge is 0.378 e. The fourth-order valence-electron chi connectivity index (χ4n) is 2.63. The van der Waals surface area contributed by atoms with Crippen molar-refractivity contribution in [2.24, 2.45) is 5.92 Å². The van der Waals surface area contributed by atoms with Gasteiger partial charge in [-0.15, -0.1) is 0 Å². The average Bonchev–Trinajstić information content (AvgIpc) is 2.29. The number of carbonyl (C=O) groups excluding carboxylic acids is 2. The molecular weight excluding hydrogens is 244 g/mol. The van der Waals surface area contributed by atoms with Crippen LogP contribution in [-0.4, -0.2) is 48.6 Å². The van der Waals surface area contributed by atoms with Gasteiger partial charge in [0.2, 0.25) is 11.8 Å². The highest BCUT2D eigenvalue weighted by Gasteiger charge is 2.33. The lowest BCUT2D eigenvalue weighted by molar-refractivity contribution is -0.145. The molecule has 2 fully saturated rings. The molecule has 5 nitrogen and oxygen atoms in total. The van der Waals surface area contributed by atoms with Gasteiger partial charge in [0.25, 0.3) is 0 Å². The molecule has 2 heterocycles. The Hall–Kier alpha value is -1.10. The zero-order chi connectivity index (χ0) is 13.8. The highest BCUT2D eigenvalue weighted by Crippen LogP contribution is 2.20. The standard InChI is InChI=1S/C14H24N2O3/c1-10(2)9-12-14(18)15-6-7-16(12)13(17)4-3-11-5-8-19-11/h10-12H,3-9H2,1-2H3,(H,15,18)/t11-,12+/m0/s1. The van der Waals surface area contributed by atoms with Gasteiger partial charge in [-0.05, 0) is 25.2 Å². The van der Waals surface area contributed by atoms with E-state index in [1.54, 1.807) is 4.90 Å². The van der Waals surface area contributed by atoms with Crippen LogP contribution in [0.2, 0.25) is 0 Å². The second kappa shape index (κ2) is 6.37. The molecule has 0 aromatic heterocycles. The van der Waals surface area contributed by atoms with Crippen LogP contribution in [0.5, 0.6) is 0 Å². The number of hydrogen-bond donors (Lipinski definition) is 1. The van der Waals surface area contributed by atoms with Gasteiger partial charge in [0.05, 0.1) is 6.10 Å². The number of hydrogen-bond acceptors (Lipinski definition) is 3. The van der Waals surface area contributed by atoms with Gasteiger partial charge >= 0.3 is 0 Å². The van der Waals surface area contributed by atoms with Gasteiger partial charge in [-0.2, -0.15) is 0 Å². The number of carbonyl (C=O) groups is 2. The molecule has 2 amide bonds. The van der Waals surface area contributed by atoms with Crippen molar-refractivity contribution in [3.8, 4) is 0 Å². The minimum absolute atomic E-state index is 0.00630. The lowest BCUT2D eigenvalue weighted by Crippen LogP contribution is -2.57. The van der Waals surface area contributed by atoms with E-state index in [1.165, 1.54) is 0 Å². The van der Waals surface area contributed by atoms with E-state index in [2.05, 4.69) is 19.2 Å². The summed E-state index contributed by atoms with van der Waals surface area (Å²) in [5.41, 5.74) is 0. The van der Waals surface area contributed by atoms with Crippen molar-refractivity contribution in [3.05, 3.63) is 0 Å². The summed E-state index contributed by atoms with van der Waals surface area (Å²) in [5, 5.41) is 2.85. The molecule has 2 aliphatic rings. The normalized spacial score (nSPS) is 27.1. The molecule has 2 atom stereocenters. The first-order valence-corrected chi connectivity index (χ1v) is 7.26. The lowest BCUT2D eigenvalue weighted by atomic mass is 9.99. The third kappa shape index (κ3) is 3.69. The number of piperazine rings is 1. The molecule has 0 aromatic carbocycles. The quantitative estimate of drug-likeness (QED) is 0.807. The SMILES string of the molecule is CC(C)C[C@@H]1C(=O)NCCN1C(=O)CC[C@H]1CCO1. The molecule has 1 N–H and O–H groups in total. The Kier molecular flexibility index (Phi) is 4.80. The molecule has 5 heteroatoms. The molecule has 0 aliphatic carbocycles. The van der Waals surface area contributed by atoms with Gasteiger partial charge in [0.15, 0.2) is 0 Å². The molecule has 0 radical (unpaired) electrons. The fraction of sp³-hybridized carbons (Fsp3) is 0.857. The van der Waals surface area contributed by atoms with Crippen molar-refractivity contribution in [2.75, 3.05) is 19.7 Å². The first-order chi connectivity index (χ1) is 9.08. The Labute approximate surface area is 114 Å². The second-order valence-electron chi connectivity index (χ2n) is 5.84. The van der Waals surface area contributed by atoms with Crippen molar-refractivity contribution in [1.29, 1.82) is 0 Å². The smallest absolute Gasteiger partial charge is 0.242 e. The first kappa shape index (κ1) is 14.3. The van der Waals surface area contributed by atoms with E-state index < -0.39 is 0 Å². The van der Waals surface area contributed by atoms with Crippen LogP contribution >= 0.6 is 0 Å². The van der Waals surface area contributed by atoms with E-state index in [0.717, 1.165) is 25.9 Å². The zero-order valence-corrected chi connectivity index (χ0v) is 11.9. The fourth-order valence-corrected chi connectivity index (χ4v) is 2.63. The van der Waals surface area contributed by atoms with Crippen LogP contribution in [0.3, 0.4) is 0 Å². The summed E-state index contributed by atoms with van der Waals surface area (Å²) in [6, 6.07) is -0.288. The maximum atomic E-state index is 12.3. The van der Waals surface area contributed by atoms with Crippen molar-refractivity contribution in [3.63, 3.8) is 0 Å². The molecule has 0 unspecified atom stereocenters. The zero-order valence-electron chi connectivity index (χ0n) is 11.9. The second-order valence-corrected chi connectivity index (χ2v) is 5.84. The molecule has 2 rings (SSSR count). The minimum atomic E-state index is -0.288. The van der Waals surface area contributed by atoms with Gasteiger partial charge < -0.3 is 15.0 Å². The van der Waals surface area contributed by atoms with E-state index in [4.69, 9.17) is 4.74 Å². The molecule has 0 spiro atoms. The number of nitrogens with zero attached hydrogens (tertiary/aromatic N) is 1. The summed E-state index contributed by atoms with van der Waals surface area (Å²) in [5.74, 6) is 0.489. The predicted molar refractivity (Wildman–Crippen MR) is 71.6 cm³/mol. The van der Waals surface area contributed by atoms with Crippen LogP contribution in [0, 0.1) is 5.92 Å². The third-order valence-electron chi connectivity index (χ3n) is 3.82. The van der Waals surface area contributed by atoms with Crippen molar-refractivity contribution < 1.29 is 14.3 Å². The highest BCUT2D eigenvalue weighted by molar-refractivity contribution is 5.88. The van der Waals surface area contributed by atoms with Crippen molar-refractivity contribution >= 4 is 11.8 Å².